The molecule has 0 spiro atoms. The first-order valence-corrected chi connectivity index (χ1v) is 12.6. The Bertz CT molecular complexity index is 1170. The lowest BCUT2D eigenvalue weighted by molar-refractivity contribution is -0.131. The largest absolute Gasteiger partial charge is 0.357 e. The number of allylic oxidation sites excluding steroid dienone is 3. The minimum atomic E-state index is -0.270. The molecule has 0 aliphatic carbocycles. The number of halogens is 1. The Hall–Kier alpha value is -3.80. The maximum atomic E-state index is 13.4. The fraction of sp³-hybridized carbons (Fsp3) is 0.300. The van der Waals surface area contributed by atoms with Gasteiger partial charge >= 0.3 is 0 Å². The highest BCUT2D eigenvalue weighted by Crippen LogP contribution is 2.20. The molecule has 2 heterocycles. The van der Waals surface area contributed by atoms with E-state index in [0.717, 1.165) is 54.3 Å². The van der Waals surface area contributed by atoms with Crippen LogP contribution in [0.1, 0.15) is 43.7 Å². The summed E-state index contributed by atoms with van der Waals surface area (Å²) in [6, 6.07) is 16.3. The topological polar surface area (TPSA) is 48.3 Å². The van der Waals surface area contributed by atoms with Crippen molar-refractivity contribution >= 4 is 23.2 Å². The Balaban J connectivity index is 1.45. The molecule has 0 atom stereocenters. The average Bonchev–Trinajstić information content (AvgIpc) is 2.90. The van der Waals surface area contributed by atoms with Crippen LogP contribution in [0.2, 0.25) is 0 Å². The number of hydrogen-bond donors (Lipinski definition) is 0. The third-order valence-corrected chi connectivity index (χ3v) is 6.40. The van der Waals surface area contributed by atoms with Gasteiger partial charge in [-0.2, -0.15) is 0 Å². The second kappa shape index (κ2) is 12.8. The molecule has 2 aromatic carbocycles. The lowest BCUT2D eigenvalue weighted by Gasteiger charge is -2.36. The second-order valence-corrected chi connectivity index (χ2v) is 8.80. The van der Waals surface area contributed by atoms with Gasteiger partial charge in [0.15, 0.2) is 0 Å². The summed E-state index contributed by atoms with van der Waals surface area (Å²) in [6.45, 7) is 4.98. The van der Waals surface area contributed by atoms with Gasteiger partial charge in [-0.3, -0.25) is 9.79 Å². The van der Waals surface area contributed by atoms with Gasteiger partial charge in [-0.05, 0) is 48.3 Å². The standard InChI is InChI=1S/C30H33FN4O/c1-2-27(25-13-15-26(31)16-14-25)33-28(24-10-6-5-7-11-24)17-18-30(36)35-22-20-34(21-23-35)29-12-8-3-4-9-19-32-29/h3-7,9-11,13-17,19H,2,8,12,18,20-23H2,1H3/b4-3?,19-9?,28-17+,32-29?,33-27?. The quantitative estimate of drug-likeness (QED) is 0.482. The van der Waals surface area contributed by atoms with Crippen LogP contribution in [0.4, 0.5) is 4.39 Å². The molecule has 1 amide bonds. The first-order valence-electron chi connectivity index (χ1n) is 12.6. The Morgan fingerprint density at radius 1 is 1.00 bits per heavy atom. The van der Waals surface area contributed by atoms with Crippen LogP contribution in [0.15, 0.2) is 95.1 Å². The molecule has 0 saturated carbocycles. The van der Waals surface area contributed by atoms with Gasteiger partial charge in [0.05, 0.1) is 5.70 Å². The lowest BCUT2D eigenvalue weighted by Crippen LogP contribution is -2.50. The van der Waals surface area contributed by atoms with Gasteiger partial charge in [-0.25, -0.2) is 9.38 Å². The molecular formula is C30H33FN4O. The molecule has 6 heteroatoms. The molecule has 36 heavy (non-hydrogen) atoms. The van der Waals surface area contributed by atoms with E-state index in [0.29, 0.717) is 19.5 Å². The number of amidine groups is 1. The number of piperazine rings is 1. The number of carbonyl (C=O) groups is 1. The van der Waals surface area contributed by atoms with Crippen LogP contribution >= 0.6 is 0 Å². The highest BCUT2D eigenvalue weighted by Gasteiger charge is 2.22. The molecule has 2 aromatic rings. The lowest BCUT2D eigenvalue weighted by atomic mass is 10.1. The van der Waals surface area contributed by atoms with Crippen LogP contribution < -0.4 is 0 Å². The van der Waals surface area contributed by atoms with Crippen LogP contribution in [-0.4, -0.2) is 53.4 Å². The predicted octanol–water partition coefficient (Wildman–Crippen LogP) is 5.86. The van der Waals surface area contributed by atoms with E-state index >= 15 is 0 Å². The number of nitrogens with zero attached hydrogens (tertiary/aromatic N) is 4. The molecule has 186 valence electrons. The normalized spacial score (nSPS) is 17.0. The Morgan fingerprint density at radius 3 is 2.47 bits per heavy atom. The van der Waals surface area contributed by atoms with Crippen LogP contribution in [-0.2, 0) is 4.79 Å². The molecule has 0 unspecified atom stereocenters. The minimum absolute atomic E-state index is 0.0977. The third kappa shape index (κ3) is 6.87. The van der Waals surface area contributed by atoms with Crippen LogP contribution in [0.5, 0.6) is 0 Å². The number of hydrogen-bond acceptors (Lipinski definition) is 4. The molecule has 0 bridgehead atoms. The molecule has 1 fully saturated rings. The fourth-order valence-corrected chi connectivity index (χ4v) is 4.37. The van der Waals surface area contributed by atoms with Crippen molar-refractivity contribution in [2.45, 2.75) is 32.6 Å². The summed E-state index contributed by atoms with van der Waals surface area (Å²) in [4.78, 5) is 26.8. The average molecular weight is 485 g/mol. The van der Waals surface area contributed by atoms with Crippen molar-refractivity contribution in [3.63, 3.8) is 0 Å². The molecule has 0 N–H and O–H groups in total. The zero-order chi connectivity index (χ0) is 25.2. The first-order chi connectivity index (χ1) is 17.6. The van der Waals surface area contributed by atoms with Crippen molar-refractivity contribution < 1.29 is 9.18 Å². The molecule has 2 aliphatic rings. The number of amides is 1. The van der Waals surface area contributed by atoms with Crippen molar-refractivity contribution in [2.75, 3.05) is 26.2 Å². The van der Waals surface area contributed by atoms with E-state index in [2.05, 4.69) is 16.0 Å². The van der Waals surface area contributed by atoms with E-state index in [-0.39, 0.29) is 18.1 Å². The van der Waals surface area contributed by atoms with Crippen LogP contribution in [0.25, 0.3) is 5.70 Å². The van der Waals surface area contributed by atoms with E-state index in [9.17, 15) is 9.18 Å². The number of aliphatic imine (C=N–C) groups is 2. The molecule has 0 aromatic heterocycles. The maximum absolute atomic E-state index is 13.4. The molecular weight excluding hydrogens is 451 g/mol. The molecule has 1 saturated heterocycles. The van der Waals surface area contributed by atoms with E-state index in [1.165, 1.54) is 12.1 Å². The Morgan fingerprint density at radius 2 is 1.75 bits per heavy atom. The van der Waals surface area contributed by atoms with Gasteiger partial charge in [0, 0.05) is 50.9 Å². The summed E-state index contributed by atoms with van der Waals surface area (Å²) in [5.74, 6) is 0.922. The van der Waals surface area contributed by atoms with Crippen LogP contribution in [0, 0.1) is 5.82 Å². The van der Waals surface area contributed by atoms with E-state index in [1.54, 1.807) is 12.1 Å². The van der Waals surface area contributed by atoms with E-state index in [1.807, 2.05) is 66.6 Å². The van der Waals surface area contributed by atoms with Gasteiger partial charge in [0.2, 0.25) is 5.91 Å². The van der Waals surface area contributed by atoms with Gasteiger partial charge < -0.3 is 9.80 Å². The second-order valence-electron chi connectivity index (χ2n) is 8.80. The molecule has 2 aliphatic heterocycles. The number of rotatable bonds is 6. The number of benzene rings is 2. The van der Waals surface area contributed by atoms with Crippen molar-refractivity contribution in [3.05, 3.63) is 102 Å². The first kappa shape index (κ1) is 25.3. The van der Waals surface area contributed by atoms with Gasteiger partial charge in [-0.15, -0.1) is 0 Å². The summed E-state index contributed by atoms with van der Waals surface area (Å²) < 4.78 is 13.4. The molecule has 0 radical (unpaired) electrons. The monoisotopic (exact) mass is 484 g/mol. The third-order valence-electron chi connectivity index (χ3n) is 6.40. The SMILES string of the molecule is CCC(=N/C(=C/CC(=O)N1CCN(C2=NC=CC=CCC2)CC1)c1ccccc1)c1ccc(F)cc1. The predicted molar refractivity (Wildman–Crippen MR) is 145 cm³/mol. The zero-order valence-electron chi connectivity index (χ0n) is 20.8. The summed E-state index contributed by atoms with van der Waals surface area (Å²) in [7, 11) is 0. The summed E-state index contributed by atoms with van der Waals surface area (Å²) in [5.41, 5.74) is 3.45. The number of carbonyl (C=O) groups excluding carboxylic acids is 1. The van der Waals surface area contributed by atoms with Crippen molar-refractivity contribution in [2.24, 2.45) is 9.98 Å². The van der Waals surface area contributed by atoms with E-state index < -0.39 is 0 Å². The molecule has 4 rings (SSSR count). The van der Waals surface area contributed by atoms with E-state index in [4.69, 9.17) is 4.99 Å². The summed E-state index contributed by atoms with van der Waals surface area (Å²) >= 11 is 0. The van der Waals surface area contributed by atoms with Crippen molar-refractivity contribution in [3.8, 4) is 0 Å². The Kier molecular flexibility index (Phi) is 8.98. The zero-order valence-corrected chi connectivity index (χ0v) is 20.8. The van der Waals surface area contributed by atoms with Gasteiger partial charge in [0.25, 0.3) is 0 Å². The Labute approximate surface area is 213 Å². The minimum Gasteiger partial charge on any atom is -0.357 e. The van der Waals surface area contributed by atoms with Gasteiger partial charge in [-0.1, -0.05) is 61.5 Å². The maximum Gasteiger partial charge on any atom is 0.226 e. The van der Waals surface area contributed by atoms with Crippen LogP contribution in [0.3, 0.4) is 0 Å². The fourth-order valence-electron chi connectivity index (χ4n) is 4.37. The van der Waals surface area contributed by atoms with Crippen molar-refractivity contribution in [1.82, 2.24) is 9.80 Å². The smallest absolute Gasteiger partial charge is 0.226 e. The summed E-state index contributed by atoms with van der Waals surface area (Å²) in [6.07, 6.45) is 12.8. The van der Waals surface area contributed by atoms with Gasteiger partial charge in [0.1, 0.15) is 11.7 Å². The highest BCUT2D eigenvalue weighted by molar-refractivity contribution is 6.03. The summed E-state index contributed by atoms with van der Waals surface area (Å²) in [5, 5.41) is 0. The highest BCUT2D eigenvalue weighted by atomic mass is 19.1. The van der Waals surface area contributed by atoms with Crippen molar-refractivity contribution in [1.29, 1.82) is 0 Å². The molecule has 5 nitrogen and oxygen atoms in total.